The van der Waals surface area contributed by atoms with E-state index in [-0.39, 0.29) is 11.8 Å². The quantitative estimate of drug-likeness (QED) is 0.538. The van der Waals surface area contributed by atoms with Crippen LogP contribution in [0.3, 0.4) is 0 Å². The lowest BCUT2D eigenvalue weighted by Gasteiger charge is -2.15. The third-order valence-corrected chi connectivity index (χ3v) is 4.10. The monoisotopic (exact) mass is 369 g/mol. The van der Waals surface area contributed by atoms with E-state index in [1.807, 2.05) is 18.2 Å². The molecule has 0 saturated carbocycles. The molecule has 26 heavy (non-hydrogen) atoms. The molecule has 1 atom stereocenters. The zero-order valence-electron chi connectivity index (χ0n) is 14.6. The summed E-state index contributed by atoms with van der Waals surface area (Å²) in [5.41, 5.74) is 1.88. The number of phenolic OH excluding ortho intramolecular Hbond substituents is 1. The molecule has 0 aliphatic rings. The van der Waals surface area contributed by atoms with E-state index in [0.717, 1.165) is 12.1 Å². The average molecular weight is 370 g/mol. The van der Waals surface area contributed by atoms with Crippen molar-refractivity contribution < 1.29 is 5.11 Å². The summed E-state index contributed by atoms with van der Waals surface area (Å²) in [5.74, 6) is 1.11. The molecule has 0 aliphatic carbocycles. The molecule has 2 heterocycles. The molecule has 0 aliphatic heterocycles. The number of halogens is 1. The summed E-state index contributed by atoms with van der Waals surface area (Å²) in [6, 6.07) is 12.4. The van der Waals surface area contributed by atoms with Gasteiger partial charge in [-0.3, -0.25) is 4.98 Å². The highest BCUT2D eigenvalue weighted by Gasteiger charge is 2.11. The molecule has 0 saturated heterocycles. The second kappa shape index (κ2) is 8.01. The summed E-state index contributed by atoms with van der Waals surface area (Å²) in [6.45, 7) is 4.15. The number of nitrogens with zero attached hydrogens (tertiary/aromatic N) is 3. The van der Waals surface area contributed by atoms with Crippen LogP contribution in [-0.2, 0) is 0 Å². The standard InChI is InChI=1S/C19H20ClN5O/c1-3-12(2)22-19-24-15(14-6-4-5-9-21-14)11-18(25-19)23-16-10-13(20)7-8-17(16)26/h4-12,26H,3H2,1-2H3,(H2,22,23,24,25)/t12-/m0/s1. The first-order valence-electron chi connectivity index (χ1n) is 8.37. The predicted molar refractivity (Wildman–Crippen MR) is 105 cm³/mol. The van der Waals surface area contributed by atoms with E-state index in [4.69, 9.17) is 11.6 Å². The van der Waals surface area contributed by atoms with Crippen LogP contribution >= 0.6 is 11.6 Å². The minimum absolute atomic E-state index is 0.0869. The maximum atomic E-state index is 10.0. The minimum atomic E-state index is 0.0869. The first-order chi connectivity index (χ1) is 12.5. The van der Waals surface area contributed by atoms with Crippen LogP contribution in [0.25, 0.3) is 11.4 Å². The van der Waals surface area contributed by atoms with E-state index < -0.39 is 0 Å². The molecule has 2 aromatic heterocycles. The van der Waals surface area contributed by atoms with E-state index in [1.165, 1.54) is 6.07 Å². The van der Waals surface area contributed by atoms with Crippen LogP contribution in [0.5, 0.6) is 5.75 Å². The molecule has 6 nitrogen and oxygen atoms in total. The molecule has 0 radical (unpaired) electrons. The van der Waals surface area contributed by atoms with Crippen LogP contribution in [0.1, 0.15) is 20.3 Å². The van der Waals surface area contributed by atoms with Gasteiger partial charge < -0.3 is 15.7 Å². The Morgan fingerprint density at radius 1 is 1.12 bits per heavy atom. The second-order valence-electron chi connectivity index (χ2n) is 5.92. The summed E-state index contributed by atoms with van der Waals surface area (Å²) < 4.78 is 0. The van der Waals surface area contributed by atoms with Crippen molar-refractivity contribution in [3.8, 4) is 17.1 Å². The number of phenols is 1. The summed E-state index contributed by atoms with van der Waals surface area (Å²) >= 11 is 6.02. The van der Waals surface area contributed by atoms with Crippen molar-refractivity contribution in [3.05, 3.63) is 53.7 Å². The Balaban J connectivity index is 2.00. The molecule has 0 amide bonds. The van der Waals surface area contributed by atoms with Crippen LogP contribution in [0.15, 0.2) is 48.7 Å². The van der Waals surface area contributed by atoms with E-state index in [9.17, 15) is 5.11 Å². The summed E-state index contributed by atoms with van der Waals surface area (Å²) in [6.07, 6.45) is 2.66. The largest absolute Gasteiger partial charge is 0.506 e. The van der Waals surface area contributed by atoms with Crippen molar-refractivity contribution in [2.45, 2.75) is 26.3 Å². The fourth-order valence-corrected chi connectivity index (χ4v) is 2.46. The molecular formula is C19H20ClN5O. The van der Waals surface area contributed by atoms with Crippen LogP contribution in [0, 0.1) is 0 Å². The lowest BCUT2D eigenvalue weighted by atomic mass is 10.2. The third-order valence-electron chi connectivity index (χ3n) is 3.86. The average Bonchev–Trinajstić information content (AvgIpc) is 2.65. The van der Waals surface area contributed by atoms with Gasteiger partial charge in [-0.2, -0.15) is 4.98 Å². The highest BCUT2D eigenvalue weighted by Crippen LogP contribution is 2.30. The van der Waals surface area contributed by atoms with Crippen LogP contribution < -0.4 is 10.6 Å². The fourth-order valence-electron chi connectivity index (χ4n) is 2.29. The molecule has 0 fully saturated rings. The van der Waals surface area contributed by atoms with Gasteiger partial charge in [-0.15, -0.1) is 0 Å². The number of nitrogens with one attached hydrogen (secondary N) is 2. The molecule has 1 aromatic carbocycles. The molecule has 0 unspecified atom stereocenters. The molecule has 0 bridgehead atoms. The van der Waals surface area contributed by atoms with Crippen LogP contribution in [0.2, 0.25) is 5.02 Å². The molecule has 7 heteroatoms. The van der Waals surface area contributed by atoms with Crippen molar-refractivity contribution >= 4 is 29.1 Å². The van der Waals surface area contributed by atoms with Gasteiger partial charge in [-0.05, 0) is 43.7 Å². The Kier molecular flexibility index (Phi) is 5.53. The molecular weight excluding hydrogens is 350 g/mol. The summed E-state index contributed by atoms with van der Waals surface area (Å²) in [5, 5.41) is 16.9. The Labute approximate surface area is 157 Å². The molecule has 3 N–H and O–H groups in total. The third kappa shape index (κ3) is 4.40. The van der Waals surface area contributed by atoms with E-state index >= 15 is 0 Å². The number of hydrogen-bond donors (Lipinski definition) is 3. The van der Waals surface area contributed by atoms with Crippen LogP contribution in [-0.4, -0.2) is 26.1 Å². The van der Waals surface area contributed by atoms with Crippen LogP contribution in [0.4, 0.5) is 17.5 Å². The maximum absolute atomic E-state index is 10.0. The first kappa shape index (κ1) is 17.9. The highest BCUT2D eigenvalue weighted by molar-refractivity contribution is 6.30. The highest BCUT2D eigenvalue weighted by atomic mass is 35.5. The molecule has 0 spiro atoms. The number of aromatic nitrogens is 3. The van der Waals surface area contributed by atoms with E-state index in [0.29, 0.717) is 28.2 Å². The zero-order chi connectivity index (χ0) is 18.5. The van der Waals surface area contributed by atoms with Gasteiger partial charge in [0.1, 0.15) is 11.6 Å². The van der Waals surface area contributed by atoms with Gasteiger partial charge in [0.15, 0.2) is 0 Å². The van der Waals surface area contributed by atoms with Gasteiger partial charge in [0.25, 0.3) is 0 Å². The predicted octanol–water partition coefficient (Wildman–Crippen LogP) is 4.85. The van der Waals surface area contributed by atoms with E-state index in [2.05, 4.69) is 39.4 Å². The van der Waals surface area contributed by atoms with Gasteiger partial charge in [0, 0.05) is 23.3 Å². The molecule has 134 valence electrons. The number of aromatic hydroxyl groups is 1. The summed E-state index contributed by atoms with van der Waals surface area (Å²) in [4.78, 5) is 13.4. The SMILES string of the molecule is CC[C@H](C)Nc1nc(Nc2cc(Cl)ccc2O)cc(-c2ccccn2)n1. The van der Waals surface area contributed by atoms with Gasteiger partial charge >= 0.3 is 0 Å². The van der Waals surface area contributed by atoms with E-state index in [1.54, 1.807) is 24.4 Å². The lowest BCUT2D eigenvalue weighted by molar-refractivity contribution is 0.477. The van der Waals surface area contributed by atoms with Crippen molar-refractivity contribution in [1.82, 2.24) is 15.0 Å². The van der Waals surface area contributed by atoms with Crippen molar-refractivity contribution in [2.24, 2.45) is 0 Å². The lowest BCUT2D eigenvalue weighted by Crippen LogP contribution is -2.16. The Morgan fingerprint density at radius 3 is 2.69 bits per heavy atom. The Morgan fingerprint density at radius 2 is 1.96 bits per heavy atom. The second-order valence-corrected chi connectivity index (χ2v) is 6.35. The number of anilines is 3. The number of pyridine rings is 1. The number of hydrogen-bond acceptors (Lipinski definition) is 6. The maximum Gasteiger partial charge on any atom is 0.225 e. The fraction of sp³-hybridized carbons (Fsp3) is 0.211. The molecule has 3 rings (SSSR count). The van der Waals surface area contributed by atoms with Crippen molar-refractivity contribution in [1.29, 1.82) is 0 Å². The van der Waals surface area contributed by atoms with Gasteiger partial charge in [-0.1, -0.05) is 24.6 Å². The van der Waals surface area contributed by atoms with Gasteiger partial charge in [0.05, 0.1) is 17.1 Å². The van der Waals surface area contributed by atoms with Crippen molar-refractivity contribution in [3.63, 3.8) is 0 Å². The van der Waals surface area contributed by atoms with Gasteiger partial charge in [-0.25, -0.2) is 4.98 Å². The normalized spacial score (nSPS) is 11.8. The zero-order valence-corrected chi connectivity index (χ0v) is 15.3. The summed E-state index contributed by atoms with van der Waals surface area (Å²) in [7, 11) is 0. The minimum Gasteiger partial charge on any atom is -0.506 e. The van der Waals surface area contributed by atoms with Gasteiger partial charge in [0.2, 0.25) is 5.95 Å². The van der Waals surface area contributed by atoms with Crippen molar-refractivity contribution in [2.75, 3.05) is 10.6 Å². The first-order valence-corrected chi connectivity index (χ1v) is 8.75. The molecule has 3 aromatic rings. The topological polar surface area (TPSA) is 83.0 Å². The smallest absolute Gasteiger partial charge is 0.225 e. The Bertz CT molecular complexity index is 888. The Hall–Kier alpha value is -2.86. The number of benzene rings is 1. The number of rotatable bonds is 6.